The van der Waals surface area contributed by atoms with Gasteiger partial charge in [-0.05, 0) is 97.5 Å². The van der Waals surface area contributed by atoms with E-state index in [0.717, 1.165) is 50.9 Å². The van der Waals surface area contributed by atoms with Gasteiger partial charge in [-0.25, -0.2) is 4.98 Å². The minimum atomic E-state index is -0.542. The second kappa shape index (κ2) is 11.3. The van der Waals surface area contributed by atoms with Crippen LogP contribution in [0, 0.1) is 17.8 Å². The van der Waals surface area contributed by atoms with Crippen molar-refractivity contribution in [1.82, 2.24) is 10.3 Å². The first-order valence-electron chi connectivity index (χ1n) is 14.1. The van der Waals surface area contributed by atoms with Crippen molar-refractivity contribution in [2.24, 2.45) is 23.5 Å². The minimum Gasteiger partial charge on any atom is -0.382 e. The molecule has 2 amide bonds. The van der Waals surface area contributed by atoms with E-state index >= 15 is 0 Å². The monoisotopic (exact) mass is 595 g/mol. The molecule has 8 nitrogen and oxygen atoms in total. The third-order valence-electron chi connectivity index (χ3n) is 8.64. The SMILES string of the molecule is CC(C)[C@H](C)Nc1cc(C(=O)NC2CC3CCCN(c4ccc(C(=O)C5CC5)cn4)C3C2)c(Br)cc1C(N)=O. The van der Waals surface area contributed by atoms with E-state index in [1.807, 2.05) is 19.1 Å². The van der Waals surface area contributed by atoms with Gasteiger partial charge in [-0.15, -0.1) is 0 Å². The summed E-state index contributed by atoms with van der Waals surface area (Å²) in [6.07, 6.45) is 7.67. The number of halogens is 1. The van der Waals surface area contributed by atoms with Gasteiger partial charge in [-0.3, -0.25) is 14.4 Å². The topological polar surface area (TPSA) is 117 Å². The number of nitrogens with zero attached hydrogens (tertiary/aromatic N) is 2. The second-order valence-electron chi connectivity index (χ2n) is 11.8. The molecule has 0 bridgehead atoms. The third kappa shape index (κ3) is 5.98. The van der Waals surface area contributed by atoms with Gasteiger partial charge in [0.05, 0.1) is 11.1 Å². The van der Waals surface area contributed by atoms with Crippen molar-refractivity contribution in [2.45, 2.75) is 77.4 Å². The van der Waals surface area contributed by atoms with Crippen LogP contribution in [0.3, 0.4) is 0 Å². The van der Waals surface area contributed by atoms with Crippen LogP contribution in [0.2, 0.25) is 0 Å². The van der Waals surface area contributed by atoms with E-state index in [9.17, 15) is 14.4 Å². The molecule has 2 aliphatic carbocycles. The first kappa shape index (κ1) is 27.6. The Morgan fingerprint density at radius 2 is 1.85 bits per heavy atom. The Morgan fingerprint density at radius 1 is 1.08 bits per heavy atom. The van der Waals surface area contributed by atoms with E-state index in [2.05, 4.69) is 50.3 Å². The number of primary amides is 1. The molecule has 0 spiro atoms. The number of benzene rings is 1. The normalized spacial score (nSPS) is 23.3. The fourth-order valence-corrected chi connectivity index (χ4v) is 6.44. The minimum absolute atomic E-state index is 0.0394. The first-order chi connectivity index (χ1) is 18.6. The standard InChI is InChI=1S/C30H38BrN5O3/c1-16(2)17(3)34-25-14-22(24(31)13-23(25)29(32)38)30(39)35-21-11-19-5-4-10-36(26(19)12-21)27-9-8-20(15-33-27)28(37)18-6-7-18/h8-9,13-19,21,26,34H,4-7,10-12H2,1-3H3,(H2,32,38)(H,35,39)/t17-,19?,21?,26?/m0/s1. The molecule has 39 heavy (non-hydrogen) atoms. The molecule has 9 heteroatoms. The molecular weight excluding hydrogens is 558 g/mol. The van der Waals surface area contributed by atoms with Crippen LogP contribution in [-0.4, -0.2) is 47.3 Å². The average Bonchev–Trinajstić information content (AvgIpc) is 3.68. The summed E-state index contributed by atoms with van der Waals surface area (Å²) in [4.78, 5) is 45.0. The lowest BCUT2D eigenvalue weighted by atomic mass is 9.92. The van der Waals surface area contributed by atoms with Crippen LogP contribution in [0.1, 0.15) is 90.4 Å². The summed E-state index contributed by atoms with van der Waals surface area (Å²) < 4.78 is 0.540. The number of ketones is 1. The highest BCUT2D eigenvalue weighted by Crippen LogP contribution is 2.39. The van der Waals surface area contributed by atoms with Crippen LogP contribution in [0.4, 0.5) is 11.5 Å². The summed E-state index contributed by atoms with van der Waals surface area (Å²) in [7, 11) is 0. The van der Waals surface area contributed by atoms with E-state index in [4.69, 9.17) is 5.73 Å². The smallest absolute Gasteiger partial charge is 0.252 e. The van der Waals surface area contributed by atoms with Gasteiger partial charge >= 0.3 is 0 Å². The molecule has 4 atom stereocenters. The average molecular weight is 597 g/mol. The fraction of sp³-hybridized carbons (Fsp3) is 0.533. The number of Topliss-reactive ketones (excluding diaryl/α,β-unsaturated/α-hetero) is 1. The molecule has 3 fully saturated rings. The molecule has 5 rings (SSSR count). The Labute approximate surface area is 238 Å². The number of nitrogens with one attached hydrogen (secondary N) is 2. The number of nitrogens with two attached hydrogens (primary N) is 1. The predicted octanol–water partition coefficient (Wildman–Crippen LogP) is 5.17. The highest BCUT2D eigenvalue weighted by atomic mass is 79.9. The number of hydrogen-bond donors (Lipinski definition) is 3. The molecule has 208 valence electrons. The number of anilines is 2. The molecule has 1 aliphatic heterocycles. The van der Waals surface area contributed by atoms with Gasteiger partial charge in [0.15, 0.2) is 5.78 Å². The van der Waals surface area contributed by atoms with Crippen LogP contribution >= 0.6 is 15.9 Å². The highest BCUT2D eigenvalue weighted by Gasteiger charge is 2.41. The van der Waals surface area contributed by atoms with Gasteiger partial charge in [-0.1, -0.05) is 13.8 Å². The highest BCUT2D eigenvalue weighted by molar-refractivity contribution is 9.10. The van der Waals surface area contributed by atoms with Crippen molar-refractivity contribution in [3.05, 3.63) is 51.6 Å². The van der Waals surface area contributed by atoms with E-state index in [0.29, 0.717) is 44.7 Å². The van der Waals surface area contributed by atoms with Crippen LogP contribution in [0.15, 0.2) is 34.9 Å². The summed E-state index contributed by atoms with van der Waals surface area (Å²) >= 11 is 3.49. The van der Waals surface area contributed by atoms with Crippen molar-refractivity contribution < 1.29 is 14.4 Å². The first-order valence-corrected chi connectivity index (χ1v) is 14.9. The maximum Gasteiger partial charge on any atom is 0.252 e. The number of fused-ring (bicyclic) bond motifs is 1. The zero-order chi connectivity index (χ0) is 27.8. The predicted molar refractivity (Wildman–Crippen MR) is 156 cm³/mol. The lowest BCUT2D eigenvalue weighted by molar-refractivity contribution is 0.0932. The molecular formula is C30H38BrN5O3. The molecule has 2 aromatic rings. The molecule has 2 heterocycles. The molecule has 1 aromatic heterocycles. The fourth-order valence-electron chi connectivity index (χ4n) is 5.92. The molecule has 1 saturated heterocycles. The summed E-state index contributed by atoms with van der Waals surface area (Å²) in [6, 6.07) is 7.68. The van der Waals surface area contributed by atoms with Crippen molar-refractivity contribution in [1.29, 1.82) is 0 Å². The number of pyridine rings is 1. The molecule has 2 saturated carbocycles. The molecule has 1 aromatic carbocycles. The van der Waals surface area contributed by atoms with Gasteiger partial charge in [0.25, 0.3) is 11.8 Å². The van der Waals surface area contributed by atoms with Gasteiger partial charge < -0.3 is 21.3 Å². The largest absolute Gasteiger partial charge is 0.382 e. The Bertz CT molecular complexity index is 1260. The van der Waals surface area contributed by atoms with Crippen LogP contribution in [-0.2, 0) is 0 Å². The molecule has 3 aliphatic rings. The maximum absolute atomic E-state index is 13.5. The van der Waals surface area contributed by atoms with E-state index in [-0.39, 0.29) is 29.7 Å². The van der Waals surface area contributed by atoms with E-state index in [1.54, 1.807) is 18.3 Å². The third-order valence-corrected chi connectivity index (χ3v) is 9.30. The maximum atomic E-state index is 13.5. The Morgan fingerprint density at radius 3 is 2.49 bits per heavy atom. The van der Waals surface area contributed by atoms with Gasteiger partial charge in [-0.2, -0.15) is 0 Å². The summed E-state index contributed by atoms with van der Waals surface area (Å²) in [5, 5.41) is 6.61. The number of amides is 2. The van der Waals surface area contributed by atoms with Crippen molar-refractivity contribution in [2.75, 3.05) is 16.8 Å². The number of carbonyl (C=O) groups is 3. The summed E-state index contributed by atoms with van der Waals surface area (Å²) in [5.74, 6) is 1.40. The van der Waals surface area contributed by atoms with Gasteiger partial charge in [0.2, 0.25) is 0 Å². The molecule has 0 radical (unpaired) electrons. The van der Waals surface area contributed by atoms with Gasteiger partial charge in [0, 0.05) is 52.5 Å². The second-order valence-corrected chi connectivity index (χ2v) is 12.6. The van der Waals surface area contributed by atoms with Crippen molar-refractivity contribution in [3.63, 3.8) is 0 Å². The van der Waals surface area contributed by atoms with Crippen LogP contribution < -0.4 is 21.3 Å². The van der Waals surface area contributed by atoms with Crippen LogP contribution in [0.5, 0.6) is 0 Å². The lowest BCUT2D eigenvalue weighted by Gasteiger charge is -2.38. The zero-order valence-corrected chi connectivity index (χ0v) is 24.5. The number of rotatable bonds is 9. The quantitative estimate of drug-likeness (QED) is 0.344. The number of piperidine rings is 1. The van der Waals surface area contributed by atoms with E-state index in [1.165, 1.54) is 0 Å². The van der Waals surface area contributed by atoms with E-state index < -0.39 is 5.91 Å². The lowest BCUT2D eigenvalue weighted by Crippen LogP contribution is -2.43. The number of aromatic nitrogens is 1. The number of hydrogen-bond acceptors (Lipinski definition) is 6. The van der Waals surface area contributed by atoms with Crippen LogP contribution in [0.25, 0.3) is 0 Å². The molecule has 4 N–H and O–H groups in total. The number of carbonyl (C=O) groups excluding carboxylic acids is 3. The zero-order valence-electron chi connectivity index (χ0n) is 22.9. The Balaban J connectivity index is 1.29. The Kier molecular flexibility index (Phi) is 7.99. The summed E-state index contributed by atoms with van der Waals surface area (Å²) in [6.45, 7) is 7.15. The van der Waals surface area contributed by atoms with Crippen molar-refractivity contribution >= 4 is 45.0 Å². The molecule has 3 unspecified atom stereocenters. The Hall–Kier alpha value is -2.94. The van der Waals surface area contributed by atoms with Gasteiger partial charge in [0.1, 0.15) is 5.82 Å². The van der Waals surface area contributed by atoms with Crippen molar-refractivity contribution in [3.8, 4) is 0 Å². The summed E-state index contributed by atoms with van der Waals surface area (Å²) in [5.41, 5.74) is 7.73.